The van der Waals surface area contributed by atoms with E-state index >= 15 is 0 Å². The average molecular weight is 602 g/mol. The molecule has 9 nitrogen and oxygen atoms in total. The Morgan fingerprint density at radius 2 is 1.59 bits per heavy atom. The van der Waals surface area contributed by atoms with E-state index in [0.29, 0.717) is 16.5 Å². The van der Waals surface area contributed by atoms with Crippen molar-refractivity contribution in [2.75, 3.05) is 24.6 Å². The van der Waals surface area contributed by atoms with Crippen LogP contribution in [0.15, 0.2) is 77.7 Å². The van der Waals surface area contributed by atoms with Crippen molar-refractivity contribution in [2.45, 2.75) is 51.2 Å². The molecule has 0 heterocycles. The fourth-order valence-corrected chi connectivity index (χ4v) is 5.65. The second kappa shape index (κ2) is 14.2. The minimum atomic E-state index is -4.26. The number of sulfonamides is 1. The number of ether oxygens (including phenoxy) is 2. The van der Waals surface area contributed by atoms with Crippen LogP contribution >= 0.6 is 11.6 Å². The second-order valence-electron chi connectivity index (χ2n) is 9.58. The van der Waals surface area contributed by atoms with Crippen LogP contribution in [0.3, 0.4) is 0 Å². The van der Waals surface area contributed by atoms with E-state index in [1.54, 1.807) is 69.5 Å². The fourth-order valence-electron chi connectivity index (χ4n) is 4.10. The molecule has 2 amide bonds. The third kappa shape index (κ3) is 8.14. The standard InChI is InChI=1S/C30H36ClN3O6S/c1-6-40-28-10-8-7-9-27(28)34(41(37,38)26-17-13-24(31)14-18-26)20-29(35)33(22(4)30(36)32-21(2)3)19-23-11-15-25(39-5)16-12-23/h7-18,21-22H,6,19-20H2,1-5H3,(H,32,36)/t22-/m1/s1. The van der Waals surface area contributed by atoms with Crippen molar-refractivity contribution in [3.63, 3.8) is 0 Å². The highest BCUT2D eigenvalue weighted by Crippen LogP contribution is 2.33. The molecule has 0 saturated carbocycles. The number of methoxy groups -OCH3 is 1. The molecule has 220 valence electrons. The predicted octanol–water partition coefficient (Wildman–Crippen LogP) is 4.88. The van der Waals surface area contributed by atoms with Crippen molar-refractivity contribution in [3.8, 4) is 11.5 Å². The summed E-state index contributed by atoms with van der Waals surface area (Å²) in [6.07, 6.45) is 0. The summed E-state index contributed by atoms with van der Waals surface area (Å²) in [5.74, 6) is 0.0115. The lowest BCUT2D eigenvalue weighted by Gasteiger charge is -2.32. The highest BCUT2D eigenvalue weighted by molar-refractivity contribution is 7.92. The van der Waals surface area contributed by atoms with Crippen molar-refractivity contribution >= 4 is 39.1 Å². The van der Waals surface area contributed by atoms with Gasteiger partial charge in [-0.15, -0.1) is 0 Å². The summed E-state index contributed by atoms with van der Waals surface area (Å²) in [5, 5.41) is 3.21. The molecular weight excluding hydrogens is 566 g/mol. The monoisotopic (exact) mass is 601 g/mol. The molecule has 0 aliphatic rings. The zero-order valence-electron chi connectivity index (χ0n) is 23.8. The Morgan fingerprint density at radius 1 is 0.951 bits per heavy atom. The highest BCUT2D eigenvalue weighted by Gasteiger charge is 2.34. The average Bonchev–Trinajstić information content (AvgIpc) is 2.95. The second-order valence-corrected chi connectivity index (χ2v) is 11.9. The summed E-state index contributed by atoms with van der Waals surface area (Å²) < 4.78 is 40.0. The molecule has 0 aliphatic heterocycles. The number of para-hydroxylation sites is 2. The summed E-state index contributed by atoms with van der Waals surface area (Å²) in [4.78, 5) is 28.4. The molecular formula is C30H36ClN3O6S. The first-order valence-electron chi connectivity index (χ1n) is 13.2. The van der Waals surface area contributed by atoms with Gasteiger partial charge >= 0.3 is 0 Å². The Kier molecular flexibility index (Phi) is 11.0. The van der Waals surface area contributed by atoms with Gasteiger partial charge < -0.3 is 19.7 Å². The minimum absolute atomic E-state index is 0.0479. The van der Waals surface area contributed by atoms with Crippen molar-refractivity contribution in [1.29, 1.82) is 0 Å². The number of nitrogens with zero attached hydrogens (tertiary/aromatic N) is 2. The van der Waals surface area contributed by atoms with Crippen molar-refractivity contribution in [1.82, 2.24) is 10.2 Å². The molecule has 0 aromatic heterocycles. The number of carbonyl (C=O) groups is 2. The molecule has 3 aromatic rings. The molecule has 11 heteroatoms. The molecule has 0 fully saturated rings. The summed E-state index contributed by atoms with van der Waals surface area (Å²) in [5.41, 5.74) is 0.937. The van der Waals surface area contributed by atoms with Crippen LogP contribution in [-0.4, -0.2) is 57.5 Å². The van der Waals surface area contributed by atoms with Crippen molar-refractivity contribution in [3.05, 3.63) is 83.4 Å². The van der Waals surface area contributed by atoms with Crippen LogP contribution in [0, 0.1) is 0 Å². The smallest absolute Gasteiger partial charge is 0.264 e. The number of nitrogens with one attached hydrogen (secondary N) is 1. The van der Waals surface area contributed by atoms with Crippen molar-refractivity contribution < 1.29 is 27.5 Å². The first-order chi connectivity index (χ1) is 19.5. The first-order valence-corrected chi connectivity index (χ1v) is 15.0. The van der Waals surface area contributed by atoms with Gasteiger partial charge in [-0.25, -0.2) is 8.42 Å². The summed E-state index contributed by atoms with van der Waals surface area (Å²) in [6.45, 7) is 6.82. The van der Waals surface area contributed by atoms with Crippen LogP contribution in [0.1, 0.15) is 33.3 Å². The summed E-state index contributed by atoms with van der Waals surface area (Å²) in [6, 6.07) is 18.4. The zero-order chi connectivity index (χ0) is 30.2. The number of amides is 2. The van der Waals surface area contributed by atoms with E-state index in [1.807, 2.05) is 13.8 Å². The van der Waals surface area contributed by atoms with E-state index in [2.05, 4.69) is 5.32 Å². The zero-order valence-corrected chi connectivity index (χ0v) is 25.4. The number of hydrogen-bond donors (Lipinski definition) is 1. The number of anilines is 1. The van der Waals surface area contributed by atoms with Gasteiger partial charge in [0.15, 0.2) is 0 Å². The molecule has 1 atom stereocenters. The highest BCUT2D eigenvalue weighted by atomic mass is 35.5. The van der Waals surface area contributed by atoms with E-state index in [0.717, 1.165) is 9.87 Å². The van der Waals surface area contributed by atoms with Crippen LogP contribution in [0.2, 0.25) is 5.02 Å². The van der Waals surface area contributed by atoms with Gasteiger partial charge in [0.25, 0.3) is 10.0 Å². The maximum atomic E-state index is 14.0. The Hall–Kier alpha value is -3.76. The van der Waals surface area contributed by atoms with Crippen molar-refractivity contribution in [2.24, 2.45) is 0 Å². The molecule has 3 rings (SSSR count). The molecule has 0 bridgehead atoms. The van der Waals surface area contributed by atoms with Gasteiger partial charge in [0.05, 0.1) is 24.3 Å². The normalized spacial score (nSPS) is 12.0. The van der Waals surface area contributed by atoms with Gasteiger partial charge in [-0.1, -0.05) is 35.9 Å². The number of rotatable bonds is 13. The van der Waals surface area contributed by atoms with Crippen LogP contribution in [0.25, 0.3) is 0 Å². The van der Waals surface area contributed by atoms with E-state index in [-0.39, 0.29) is 35.7 Å². The Balaban J connectivity index is 2.07. The summed E-state index contributed by atoms with van der Waals surface area (Å²) >= 11 is 6.01. The molecule has 3 aromatic carbocycles. The largest absolute Gasteiger partial charge is 0.497 e. The molecule has 0 radical (unpaired) electrons. The number of hydrogen-bond acceptors (Lipinski definition) is 6. The maximum absolute atomic E-state index is 14.0. The lowest BCUT2D eigenvalue weighted by atomic mass is 10.1. The topological polar surface area (TPSA) is 105 Å². The first kappa shape index (κ1) is 31.8. The predicted molar refractivity (Wildman–Crippen MR) is 160 cm³/mol. The third-order valence-corrected chi connectivity index (χ3v) is 8.25. The number of carbonyl (C=O) groups excluding carboxylic acids is 2. The van der Waals surface area contributed by atoms with Gasteiger partial charge in [0, 0.05) is 17.6 Å². The van der Waals surface area contributed by atoms with Gasteiger partial charge in [0.1, 0.15) is 24.1 Å². The lowest BCUT2D eigenvalue weighted by molar-refractivity contribution is -0.139. The number of halogens is 1. The number of benzene rings is 3. The Morgan fingerprint density at radius 3 is 2.17 bits per heavy atom. The quantitative estimate of drug-likeness (QED) is 0.299. The van der Waals surface area contributed by atoms with Gasteiger partial charge in [-0.2, -0.15) is 0 Å². The van der Waals surface area contributed by atoms with Gasteiger partial charge in [-0.3, -0.25) is 13.9 Å². The van der Waals surface area contributed by atoms with Crippen LogP contribution in [0.4, 0.5) is 5.69 Å². The molecule has 1 N–H and O–H groups in total. The van der Waals surface area contributed by atoms with Crippen LogP contribution in [-0.2, 0) is 26.2 Å². The van der Waals surface area contributed by atoms with E-state index in [9.17, 15) is 18.0 Å². The fraction of sp³-hybridized carbons (Fsp3) is 0.333. The Labute approximate surface area is 247 Å². The van der Waals surface area contributed by atoms with Crippen LogP contribution < -0.4 is 19.1 Å². The molecule has 0 unspecified atom stereocenters. The van der Waals surface area contributed by atoms with E-state index in [1.165, 1.54) is 29.2 Å². The SMILES string of the molecule is CCOc1ccccc1N(CC(=O)N(Cc1ccc(OC)cc1)[C@H](C)C(=O)NC(C)C)S(=O)(=O)c1ccc(Cl)cc1. The maximum Gasteiger partial charge on any atom is 0.264 e. The minimum Gasteiger partial charge on any atom is -0.497 e. The third-order valence-electron chi connectivity index (χ3n) is 6.22. The van der Waals surface area contributed by atoms with E-state index < -0.39 is 28.5 Å². The Bertz CT molecular complexity index is 1430. The molecule has 41 heavy (non-hydrogen) atoms. The molecule has 0 aliphatic carbocycles. The van der Waals surface area contributed by atoms with Gasteiger partial charge in [0.2, 0.25) is 11.8 Å². The molecule has 0 spiro atoms. The van der Waals surface area contributed by atoms with Gasteiger partial charge in [-0.05, 0) is 81.8 Å². The summed E-state index contributed by atoms with van der Waals surface area (Å²) in [7, 11) is -2.70. The molecule has 0 saturated heterocycles. The van der Waals surface area contributed by atoms with Crippen LogP contribution in [0.5, 0.6) is 11.5 Å². The van der Waals surface area contributed by atoms with E-state index in [4.69, 9.17) is 21.1 Å². The lowest BCUT2D eigenvalue weighted by Crippen LogP contribution is -2.52.